The number of hydrogen-bond donors (Lipinski definition) is 0. The van der Waals surface area contributed by atoms with Gasteiger partial charge in [-0.2, -0.15) is 0 Å². The summed E-state index contributed by atoms with van der Waals surface area (Å²) in [5, 5.41) is 0. The van der Waals surface area contributed by atoms with E-state index in [4.69, 9.17) is 4.74 Å². The third kappa shape index (κ3) is 3.58. The summed E-state index contributed by atoms with van der Waals surface area (Å²) in [6.07, 6.45) is 6.07. The number of carbonyl (C=O) groups is 1. The van der Waals surface area contributed by atoms with Crippen molar-refractivity contribution in [1.82, 2.24) is 0 Å². The molecule has 4 atom stereocenters. The Kier molecular flexibility index (Phi) is 5.47. The van der Waals surface area contributed by atoms with Gasteiger partial charge in [0, 0.05) is 5.92 Å². The molecule has 16 heavy (non-hydrogen) atoms. The first-order valence-electron chi connectivity index (χ1n) is 6.69. The van der Waals surface area contributed by atoms with E-state index in [1.54, 1.807) is 0 Å². The van der Waals surface area contributed by atoms with Crippen LogP contribution in [0, 0.1) is 17.8 Å². The summed E-state index contributed by atoms with van der Waals surface area (Å²) >= 11 is 0. The predicted molar refractivity (Wildman–Crippen MR) is 66.4 cm³/mol. The molecule has 2 nitrogen and oxygen atoms in total. The average molecular weight is 226 g/mol. The largest absolute Gasteiger partial charge is 0.375 e. The molecule has 0 bridgehead atoms. The maximum atomic E-state index is 11.1. The molecule has 0 aromatic rings. The first-order valence-corrected chi connectivity index (χ1v) is 6.69. The molecular formula is C14H26O2. The van der Waals surface area contributed by atoms with Gasteiger partial charge in [-0.15, -0.1) is 0 Å². The van der Waals surface area contributed by atoms with E-state index in [0.29, 0.717) is 24.0 Å². The highest BCUT2D eigenvalue weighted by Crippen LogP contribution is 2.34. The van der Waals surface area contributed by atoms with E-state index < -0.39 is 0 Å². The lowest BCUT2D eigenvalue weighted by atomic mass is 9.78. The van der Waals surface area contributed by atoms with E-state index >= 15 is 0 Å². The first-order chi connectivity index (χ1) is 7.58. The molecule has 4 unspecified atom stereocenters. The SMILES string of the molecule is CCC(C=O)C1CCC(C)OC1CC(C)C. The summed E-state index contributed by atoms with van der Waals surface area (Å²) in [5.74, 6) is 1.28. The van der Waals surface area contributed by atoms with E-state index in [9.17, 15) is 4.79 Å². The number of aldehydes is 1. The second-order valence-electron chi connectivity index (χ2n) is 5.56. The predicted octanol–water partition coefficient (Wildman–Crippen LogP) is 3.44. The van der Waals surface area contributed by atoms with Gasteiger partial charge in [-0.25, -0.2) is 0 Å². The Labute approximate surface area is 99.8 Å². The lowest BCUT2D eigenvalue weighted by Crippen LogP contribution is -2.39. The first kappa shape index (κ1) is 13.7. The monoisotopic (exact) mass is 226 g/mol. The van der Waals surface area contributed by atoms with Gasteiger partial charge in [-0.1, -0.05) is 20.8 Å². The summed E-state index contributed by atoms with van der Waals surface area (Å²) < 4.78 is 6.04. The molecule has 0 aliphatic carbocycles. The number of carbonyl (C=O) groups excluding carboxylic acids is 1. The molecule has 0 aromatic carbocycles. The highest BCUT2D eigenvalue weighted by molar-refractivity contribution is 5.54. The van der Waals surface area contributed by atoms with Crippen LogP contribution in [0.15, 0.2) is 0 Å². The van der Waals surface area contributed by atoms with Gasteiger partial charge < -0.3 is 9.53 Å². The van der Waals surface area contributed by atoms with Crippen molar-refractivity contribution in [2.24, 2.45) is 17.8 Å². The van der Waals surface area contributed by atoms with E-state index in [1.165, 1.54) is 0 Å². The molecule has 0 radical (unpaired) electrons. The van der Waals surface area contributed by atoms with Crippen LogP contribution in [-0.2, 0) is 9.53 Å². The molecule has 1 aliphatic rings. The van der Waals surface area contributed by atoms with Crippen molar-refractivity contribution < 1.29 is 9.53 Å². The smallest absolute Gasteiger partial charge is 0.123 e. The lowest BCUT2D eigenvalue weighted by molar-refractivity contribution is -0.125. The molecule has 1 aliphatic heterocycles. The van der Waals surface area contributed by atoms with E-state index in [-0.39, 0.29) is 5.92 Å². The highest BCUT2D eigenvalue weighted by atomic mass is 16.5. The van der Waals surface area contributed by atoms with Gasteiger partial charge in [-0.3, -0.25) is 0 Å². The van der Waals surface area contributed by atoms with Crippen molar-refractivity contribution in [3.8, 4) is 0 Å². The third-order valence-corrected chi connectivity index (χ3v) is 3.69. The Morgan fingerprint density at radius 2 is 2.06 bits per heavy atom. The van der Waals surface area contributed by atoms with Crippen LogP contribution in [0.5, 0.6) is 0 Å². The van der Waals surface area contributed by atoms with Gasteiger partial charge in [0.2, 0.25) is 0 Å². The van der Waals surface area contributed by atoms with Gasteiger partial charge in [0.25, 0.3) is 0 Å². The number of ether oxygens (including phenoxy) is 1. The lowest BCUT2D eigenvalue weighted by Gasteiger charge is -2.38. The maximum absolute atomic E-state index is 11.1. The van der Waals surface area contributed by atoms with Crippen molar-refractivity contribution in [1.29, 1.82) is 0 Å². The Morgan fingerprint density at radius 3 is 2.56 bits per heavy atom. The normalized spacial score (nSPS) is 32.7. The third-order valence-electron chi connectivity index (χ3n) is 3.69. The minimum absolute atomic E-state index is 0.191. The maximum Gasteiger partial charge on any atom is 0.123 e. The Hall–Kier alpha value is -0.370. The molecule has 94 valence electrons. The van der Waals surface area contributed by atoms with Crippen molar-refractivity contribution in [3.63, 3.8) is 0 Å². The van der Waals surface area contributed by atoms with Crippen LogP contribution in [0.1, 0.15) is 53.4 Å². The number of hydrogen-bond acceptors (Lipinski definition) is 2. The fourth-order valence-corrected chi connectivity index (χ4v) is 2.77. The van der Waals surface area contributed by atoms with Crippen LogP contribution >= 0.6 is 0 Å². The summed E-state index contributed by atoms with van der Waals surface area (Å²) in [6.45, 7) is 8.69. The zero-order chi connectivity index (χ0) is 12.1. The van der Waals surface area contributed by atoms with Crippen LogP contribution in [0.25, 0.3) is 0 Å². The second-order valence-corrected chi connectivity index (χ2v) is 5.56. The Morgan fingerprint density at radius 1 is 1.38 bits per heavy atom. The molecule has 0 N–H and O–H groups in total. The molecule has 2 heteroatoms. The minimum atomic E-state index is 0.191. The van der Waals surface area contributed by atoms with E-state index in [2.05, 4.69) is 27.7 Å². The van der Waals surface area contributed by atoms with Crippen LogP contribution in [0.2, 0.25) is 0 Å². The van der Waals surface area contributed by atoms with Crippen molar-refractivity contribution in [3.05, 3.63) is 0 Å². The van der Waals surface area contributed by atoms with Crippen molar-refractivity contribution in [2.75, 3.05) is 0 Å². The van der Waals surface area contributed by atoms with Crippen molar-refractivity contribution in [2.45, 2.75) is 65.6 Å². The minimum Gasteiger partial charge on any atom is -0.375 e. The van der Waals surface area contributed by atoms with Crippen molar-refractivity contribution >= 4 is 6.29 Å². The summed E-state index contributed by atoms with van der Waals surface area (Å²) in [4.78, 5) is 11.1. The quantitative estimate of drug-likeness (QED) is 0.671. The second kappa shape index (κ2) is 6.39. The topological polar surface area (TPSA) is 26.3 Å². The van der Waals surface area contributed by atoms with Gasteiger partial charge in [0.15, 0.2) is 0 Å². The van der Waals surface area contributed by atoms with E-state index in [1.807, 2.05) is 0 Å². The summed E-state index contributed by atoms with van der Waals surface area (Å²) in [7, 11) is 0. The molecule has 0 amide bonds. The fourth-order valence-electron chi connectivity index (χ4n) is 2.77. The van der Waals surface area contributed by atoms with Crippen LogP contribution in [0.3, 0.4) is 0 Å². The molecule has 0 saturated carbocycles. The molecular weight excluding hydrogens is 200 g/mol. The average Bonchev–Trinajstić information content (AvgIpc) is 2.21. The molecule has 0 aromatic heterocycles. The van der Waals surface area contributed by atoms with Gasteiger partial charge >= 0.3 is 0 Å². The number of rotatable bonds is 5. The Balaban J connectivity index is 2.66. The standard InChI is InChI=1S/C14H26O2/c1-5-12(9-15)13-7-6-11(4)16-14(13)8-10(2)3/h9-14H,5-8H2,1-4H3. The van der Waals surface area contributed by atoms with Crippen LogP contribution in [-0.4, -0.2) is 18.5 Å². The van der Waals surface area contributed by atoms with E-state index in [0.717, 1.165) is 32.0 Å². The summed E-state index contributed by atoms with van der Waals surface area (Å²) in [5.41, 5.74) is 0. The van der Waals surface area contributed by atoms with Crippen LogP contribution in [0.4, 0.5) is 0 Å². The van der Waals surface area contributed by atoms with Gasteiger partial charge in [-0.05, 0) is 44.4 Å². The zero-order valence-electron chi connectivity index (χ0n) is 11.1. The highest BCUT2D eigenvalue weighted by Gasteiger charge is 2.34. The van der Waals surface area contributed by atoms with Crippen LogP contribution < -0.4 is 0 Å². The molecule has 1 rings (SSSR count). The summed E-state index contributed by atoms with van der Waals surface area (Å²) in [6, 6.07) is 0. The van der Waals surface area contributed by atoms with Gasteiger partial charge in [0.05, 0.1) is 12.2 Å². The molecule has 1 saturated heterocycles. The zero-order valence-corrected chi connectivity index (χ0v) is 11.1. The molecule has 1 fully saturated rings. The molecule has 0 spiro atoms. The molecule has 1 heterocycles. The Bertz CT molecular complexity index is 211. The van der Waals surface area contributed by atoms with Gasteiger partial charge in [0.1, 0.15) is 6.29 Å². The fraction of sp³-hybridized carbons (Fsp3) is 0.929.